The van der Waals surface area contributed by atoms with Crippen LogP contribution in [0.5, 0.6) is 5.75 Å². The molecule has 1 aromatic heterocycles. The van der Waals surface area contributed by atoms with Crippen LogP contribution in [-0.2, 0) is 26.0 Å². The smallest absolute Gasteiger partial charge is 0.341 e. The number of urea groups is 1. The minimum absolute atomic E-state index is 0.0566. The molecule has 0 saturated heterocycles. The van der Waals surface area contributed by atoms with Crippen LogP contribution in [-0.4, -0.2) is 63.0 Å². The number of carbonyl (C=O) groups is 2. The largest absolute Gasteiger partial charge is 0.490 e. The number of benzene rings is 1. The number of rotatable bonds is 11. The lowest BCUT2D eigenvalue weighted by Gasteiger charge is -2.19. The second-order valence-corrected chi connectivity index (χ2v) is 8.98. The van der Waals surface area contributed by atoms with E-state index in [4.69, 9.17) is 9.47 Å². The van der Waals surface area contributed by atoms with Gasteiger partial charge in [0.05, 0.1) is 12.3 Å². The molecule has 3 amide bonds. The zero-order chi connectivity index (χ0) is 24.3. The molecule has 2 N–H and O–H groups in total. The van der Waals surface area contributed by atoms with Gasteiger partial charge in [-0.15, -0.1) is 0 Å². The number of ether oxygens (including phenoxy) is 2. The summed E-state index contributed by atoms with van der Waals surface area (Å²) < 4.78 is 36.6. The molecule has 0 spiro atoms. The molecule has 0 aliphatic carbocycles. The van der Waals surface area contributed by atoms with Crippen molar-refractivity contribution in [3.8, 4) is 5.75 Å². The van der Waals surface area contributed by atoms with Crippen LogP contribution in [0.3, 0.4) is 0 Å². The molecule has 10 nitrogen and oxygen atoms in total. The van der Waals surface area contributed by atoms with Crippen molar-refractivity contribution in [3.63, 3.8) is 0 Å². The Morgan fingerprint density at radius 3 is 2.67 bits per heavy atom. The van der Waals surface area contributed by atoms with E-state index in [1.165, 1.54) is 32.4 Å². The standard InChI is InChI=1S/C21H26N4O6S2/c1-22-21(27)25(32)33(28,29)19-15-16(6-8-18(19)31-14-13-30-2)10-12-24-20(26)9-7-17-5-3-4-11-23-17/h3-9,11,15,32H,10,12-14H2,1-2H3,(H,22,27)(H,24,26)/b9-7+. The van der Waals surface area contributed by atoms with Crippen molar-refractivity contribution >= 4 is 40.9 Å². The van der Waals surface area contributed by atoms with Crippen LogP contribution in [0.4, 0.5) is 4.79 Å². The van der Waals surface area contributed by atoms with E-state index < -0.39 is 16.1 Å². The zero-order valence-corrected chi connectivity index (χ0v) is 19.9. The van der Waals surface area contributed by atoms with Crippen molar-refractivity contribution in [2.45, 2.75) is 11.3 Å². The SMILES string of the molecule is CNC(=O)N(S)S(=O)(=O)c1cc(CCNC(=O)/C=C/c2ccccn2)ccc1OCCOC. The normalized spacial score (nSPS) is 11.2. The summed E-state index contributed by atoms with van der Waals surface area (Å²) in [6.45, 7) is 0.623. The first kappa shape index (κ1) is 26.2. The van der Waals surface area contributed by atoms with Gasteiger partial charge in [-0.2, -0.15) is 12.1 Å². The summed E-state index contributed by atoms with van der Waals surface area (Å²) in [5.41, 5.74) is 1.26. The number of pyridine rings is 1. The summed E-state index contributed by atoms with van der Waals surface area (Å²) in [6, 6.07) is 9.01. The molecule has 0 saturated carbocycles. The van der Waals surface area contributed by atoms with E-state index in [-0.39, 0.29) is 36.3 Å². The molecule has 0 radical (unpaired) electrons. The third kappa shape index (κ3) is 7.77. The lowest BCUT2D eigenvalue weighted by molar-refractivity contribution is -0.116. The molecule has 0 aliphatic rings. The topological polar surface area (TPSA) is 127 Å². The van der Waals surface area contributed by atoms with Crippen molar-refractivity contribution in [2.24, 2.45) is 0 Å². The maximum absolute atomic E-state index is 12.9. The molecule has 33 heavy (non-hydrogen) atoms. The van der Waals surface area contributed by atoms with E-state index in [9.17, 15) is 18.0 Å². The van der Waals surface area contributed by atoms with Crippen LogP contribution in [0.15, 0.2) is 53.6 Å². The molecule has 0 unspecified atom stereocenters. The number of carbonyl (C=O) groups excluding carboxylic acids is 2. The van der Waals surface area contributed by atoms with Crippen molar-refractivity contribution in [3.05, 3.63) is 59.9 Å². The van der Waals surface area contributed by atoms with Gasteiger partial charge in [0, 0.05) is 33.0 Å². The summed E-state index contributed by atoms with van der Waals surface area (Å²) >= 11 is 3.82. The summed E-state index contributed by atoms with van der Waals surface area (Å²) in [6.07, 6.45) is 4.93. The fraction of sp³-hybridized carbons (Fsp3) is 0.286. The lowest BCUT2D eigenvalue weighted by atomic mass is 10.1. The predicted molar refractivity (Wildman–Crippen MR) is 126 cm³/mol. The average molecular weight is 495 g/mol. The van der Waals surface area contributed by atoms with Crippen LogP contribution in [0, 0.1) is 0 Å². The Balaban J connectivity index is 2.12. The molecule has 2 aromatic rings. The average Bonchev–Trinajstić information content (AvgIpc) is 2.83. The molecular weight excluding hydrogens is 468 g/mol. The molecular formula is C21H26N4O6S2. The van der Waals surface area contributed by atoms with Crippen molar-refractivity contribution in [2.75, 3.05) is 33.9 Å². The Bertz CT molecular complexity index is 1080. The van der Waals surface area contributed by atoms with E-state index in [0.29, 0.717) is 21.4 Å². The maximum Gasteiger partial charge on any atom is 0.341 e. The second kappa shape index (κ2) is 12.8. The monoisotopic (exact) mass is 494 g/mol. The van der Waals surface area contributed by atoms with Crippen LogP contribution in [0.2, 0.25) is 0 Å². The minimum Gasteiger partial charge on any atom is -0.490 e. The first-order valence-electron chi connectivity index (χ1n) is 9.87. The van der Waals surface area contributed by atoms with Gasteiger partial charge in [-0.25, -0.2) is 4.79 Å². The van der Waals surface area contributed by atoms with Crippen molar-refractivity contribution in [1.29, 1.82) is 0 Å². The third-order valence-electron chi connectivity index (χ3n) is 4.25. The number of aromatic nitrogens is 1. The molecule has 0 fully saturated rings. The second-order valence-electron chi connectivity index (χ2n) is 6.55. The number of methoxy groups -OCH3 is 1. The molecule has 1 aromatic carbocycles. The highest BCUT2D eigenvalue weighted by Crippen LogP contribution is 2.29. The van der Waals surface area contributed by atoms with Crippen LogP contribution in [0.1, 0.15) is 11.3 Å². The highest BCUT2D eigenvalue weighted by Gasteiger charge is 2.30. The molecule has 2 rings (SSSR count). The first-order chi connectivity index (χ1) is 15.8. The number of thiol groups is 1. The third-order valence-corrected chi connectivity index (χ3v) is 6.58. The van der Waals surface area contributed by atoms with Gasteiger partial charge in [-0.3, -0.25) is 9.78 Å². The van der Waals surface area contributed by atoms with Gasteiger partial charge in [0.15, 0.2) is 0 Å². The first-order valence-corrected chi connectivity index (χ1v) is 11.7. The van der Waals surface area contributed by atoms with E-state index in [1.54, 1.807) is 30.5 Å². The molecule has 0 bridgehead atoms. The number of amides is 3. The number of sulfonamides is 1. The fourth-order valence-corrected chi connectivity index (χ4v) is 4.13. The Kier molecular flexibility index (Phi) is 10.2. The van der Waals surface area contributed by atoms with E-state index in [0.717, 1.165) is 0 Å². The quantitative estimate of drug-likeness (QED) is 0.246. The molecule has 1 heterocycles. The Morgan fingerprint density at radius 1 is 1.21 bits per heavy atom. The van der Waals surface area contributed by atoms with Gasteiger partial charge in [-0.05, 0) is 55.1 Å². The fourth-order valence-electron chi connectivity index (χ4n) is 2.59. The minimum atomic E-state index is -4.31. The maximum atomic E-state index is 12.9. The number of nitrogens with zero attached hydrogens (tertiary/aromatic N) is 2. The molecule has 0 aliphatic heterocycles. The Hall–Kier alpha value is -3.09. The van der Waals surface area contributed by atoms with Gasteiger partial charge in [0.1, 0.15) is 17.3 Å². The predicted octanol–water partition coefficient (Wildman–Crippen LogP) is 1.65. The highest BCUT2D eigenvalue weighted by atomic mass is 32.3. The van der Waals surface area contributed by atoms with Gasteiger partial charge >= 0.3 is 6.03 Å². The van der Waals surface area contributed by atoms with Crippen LogP contribution >= 0.6 is 12.8 Å². The molecule has 178 valence electrons. The van der Waals surface area contributed by atoms with E-state index in [1.807, 2.05) is 6.07 Å². The van der Waals surface area contributed by atoms with Crippen LogP contribution in [0.25, 0.3) is 6.08 Å². The summed E-state index contributed by atoms with van der Waals surface area (Å²) in [5, 5.41) is 4.94. The Morgan fingerprint density at radius 2 is 2.00 bits per heavy atom. The van der Waals surface area contributed by atoms with E-state index in [2.05, 4.69) is 28.4 Å². The highest BCUT2D eigenvalue weighted by molar-refractivity contribution is 8.00. The molecule has 12 heteroatoms. The van der Waals surface area contributed by atoms with Crippen molar-refractivity contribution < 1.29 is 27.5 Å². The zero-order valence-electron chi connectivity index (χ0n) is 18.2. The number of hydrogen-bond donors (Lipinski definition) is 3. The summed E-state index contributed by atoms with van der Waals surface area (Å²) in [5.74, 6) is -0.254. The number of nitrogens with one attached hydrogen (secondary N) is 2. The lowest BCUT2D eigenvalue weighted by Crippen LogP contribution is -2.36. The number of hydrogen-bond acceptors (Lipinski definition) is 8. The summed E-state index contributed by atoms with van der Waals surface area (Å²) in [4.78, 5) is 27.7. The Labute approximate surface area is 198 Å². The van der Waals surface area contributed by atoms with Crippen LogP contribution < -0.4 is 15.4 Å². The van der Waals surface area contributed by atoms with Crippen molar-refractivity contribution in [1.82, 2.24) is 19.3 Å². The van der Waals surface area contributed by atoms with Gasteiger partial charge in [0.25, 0.3) is 10.0 Å². The van der Waals surface area contributed by atoms with Gasteiger partial charge in [-0.1, -0.05) is 12.1 Å². The van der Waals surface area contributed by atoms with Gasteiger partial charge in [0.2, 0.25) is 5.91 Å². The van der Waals surface area contributed by atoms with E-state index >= 15 is 0 Å². The summed E-state index contributed by atoms with van der Waals surface area (Å²) in [7, 11) is -1.53. The van der Waals surface area contributed by atoms with Gasteiger partial charge < -0.3 is 20.1 Å². The molecule has 0 atom stereocenters.